The molecule has 0 saturated heterocycles. The van der Waals surface area contributed by atoms with Gasteiger partial charge in [0, 0.05) is 0 Å². The van der Waals surface area contributed by atoms with E-state index in [0.717, 1.165) is 35.5 Å². The lowest BCUT2D eigenvalue weighted by Crippen LogP contribution is -2.26. The summed E-state index contributed by atoms with van der Waals surface area (Å²) in [6.45, 7) is 9.60. The summed E-state index contributed by atoms with van der Waals surface area (Å²) in [7, 11) is 5.93. The molecule has 25 heavy (non-hydrogen) atoms. The first-order valence-corrected chi connectivity index (χ1v) is 11.7. The molecular weight excluding hydrogens is 299 g/mol. The lowest BCUT2D eigenvalue weighted by atomic mass is 9.68. The summed E-state index contributed by atoms with van der Waals surface area (Å²) >= 11 is 0. The maximum atomic E-state index is 5.93. The van der Waals surface area contributed by atoms with Gasteiger partial charge in [-0.05, 0) is 61.2 Å². The van der Waals surface area contributed by atoms with Crippen molar-refractivity contribution in [2.75, 3.05) is 0 Å². The Morgan fingerprint density at radius 2 is 1.16 bits per heavy atom. The Bertz CT molecular complexity index is 336. The maximum absolute atomic E-state index is 5.93. The molecule has 2 aliphatic carbocycles. The highest BCUT2D eigenvalue weighted by Gasteiger charge is 2.30. The zero-order valence-corrected chi connectivity index (χ0v) is 17.8. The summed E-state index contributed by atoms with van der Waals surface area (Å²) < 4.78 is 0. The molecule has 0 heterocycles. The number of hydrogen-bond acceptors (Lipinski definition) is 0. The van der Waals surface area contributed by atoms with Crippen LogP contribution in [-0.4, -0.2) is 7.85 Å². The molecule has 0 aromatic rings. The molecule has 0 aromatic carbocycles. The third-order valence-electron chi connectivity index (χ3n) is 8.06. The first kappa shape index (κ1) is 21.4. The number of hydrogen-bond donors (Lipinski definition) is 0. The first-order valence-electron chi connectivity index (χ1n) is 11.7. The van der Waals surface area contributed by atoms with Crippen molar-refractivity contribution in [1.82, 2.24) is 0 Å². The fourth-order valence-electron chi connectivity index (χ4n) is 5.65. The summed E-state index contributed by atoms with van der Waals surface area (Å²) in [6, 6.07) is 0. The monoisotopic (exact) mass is 344 g/mol. The molecule has 2 rings (SSSR count). The van der Waals surface area contributed by atoms with E-state index in [1.54, 1.807) is 25.7 Å². The molecule has 144 valence electrons. The van der Waals surface area contributed by atoms with Gasteiger partial charge in [0.1, 0.15) is 0 Å². The van der Waals surface area contributed by atoms with Gasteiger partial charge < -0.3 is 0 Å². The van der Waals surface area contributed by atoms with Crippen LogP contribution in [0, 0.1) is 35.5 Å². The van der Waals surface area contributed by atoms with Gasteiger partial charge in [0.05, 0.1) is 7.85 Å². The first-order chi connectivity index (χ1) is 12.0. The Hall–Kier alpha value is 0.0649. The SMILES string of the molecule is [B]C(C)CCC(C)C(C)CCC(C)C1CCC(C2CCCCC2)CC1. The van der Waals surface area contributed by atoms with Crippen molar-refractivity contribution < 1.29 is 0 Å². The molecular formula is C24H45B. The van der Waals surface area contributed by atoms with Gasteiger partial charge in [-0.2, -0.15) is 0 Å². The fourth-order valence-corrected chi connectivity index (χ4v) is 5.65. The smallest absolute Gasteiger partial charge is 0.0695 e. The van der Waals surface area contributed by atoms with Gasteiger partial charge in [-0.25, -0.2) is 0 Å². The van der Waals surface area contributed by atoms with Crippen molar-refractivity contribution in [1.29, 1.82) is 0 Å². The summed E-state index contributed by atoms with van der Waals surface area (Å²) in [5.41, 5.74) is 0. The zero-order valence-electron chi connectivity index (χ0n) is 17.8. The highest BCUT2D eigenvalue weighted by atomic mass is 14.4. The van der Waals surface area contributed by atoms with Crippen LogP contribution in [-0.2, 0) is 0 Å². The molecule has 4 unspecified atom stereocenters. The molecule has 2 saturated carbocycles. The van der Waals surface area contributed by atoms with Gasteiger partial charge in [-0.15, -0.1) is 0 Å². The molecule has 0 N–H and O–H groups in total. The molecule has 0 nitrogen and oxygen atoms in total. The minimum absolute atomic E-state index is 0.368. The second-order valence-electron chi connectivity index (χ2n) is 10.1. The zero-order chi connectivity index (χ0) is 18.2. The van der Waals surface area contributed by atoms with E-state index < -0.39 is 0 Å². The molecule has 2 radical (unpaired) electrons. The highest BCUT2D eigenvalue weighted by molar-refractivity contribution is 6.11. The van der Waals surface area contributed by atoms with Crippen molar-refractivity contribution >= 4 is 7.85 Å². The Kier molecular flexibility index (Phi) is 9.43. The molecule has 2 aliphatic rings. The van der Waals surface area contributed by atoms with Crippen LogP contribution >= 0.6 is 0 Å². The predicted octanol–water partition coefficient (Wildman–Crippen LogP) is 7.82. The van der Waals surface area contributed by atoms with Crippen molar-refractivity contribution in [3.8, 4) is 0 Å². The van der Waals surface area contributed by atoms with Crippen molar-refractivity contribution in [2.24, 2.45) is 35.5 Å². The Balaban J connectivity index is 1.63. The van der Waals surface area contributed by atoms with Crippen LogP contribution < -0.4 is 0 Å². The average Bonchev–Trinajstić information content (AvgIpc) is 2.64. The maximum Gasteiger partial charge on any atom is 0.0695 e. The van der Waals surface area contributed by atoms with Gasteiger partial charge in [-0.3, -0.25) is 0 Å². The average molecular weight is 344 g/mol. The van der Waals surface area contributed by atoms with E-state index in [4.69, 9.17) is 7.85 Å². The van der Waals surface area contributed by atoms with Crippen molar-refractivity contribution in [2.45, 2.75) is 117 Å². The fraction of sp³-hybridized carbons (Fsp3) is 1.00. The minimum atomic E-state index is 0.368. The largest absolute Gasteiger partial charge is 0.0802 e. The second-order valence-corrected chi connectivity index (χ2v) is 10.1. The van der Waals surface area contributed by atoms with Gasteiger partial charge in [-0.1, -0.05) is 91.3 Å². The van der Waals surface area contributed by atoms with Gasteiger partial charge >= 0.3 is 0 Å². The standard InChI is InChI=1S/C24H45B/c1-18(19(2)12-13-21(4)25)10-11-20(3)22-14-16-24(17-15-22)23-8-6-5-7-9-23/h18-24H,5-17H2,1-4H3. The molecule has 1 heteroatoms. The molecule has 4 atom stereocenters. The van der Waals surface area contributed by atoms with E-state index in [0.29, 0.717) is 5.82 Å². The van der Waals surface area contributed by atoms with Crippen LogP contribution in [0.1, 0.15) is 111 Å². The Labute approximate surface area is 160 Å². The van der Waals surface area contributed by atoms with E-state index in [9.17, 15) is 0 Å². The molecule has 0 bridgehead atoms. The van der Waals surface area contributed by atoms with E-state index in [2.05, 4.69) is 27.7 Å². The van der Waals surface area contributed by atoms with Gasteiger partial charge in [0.2, 0.25) is 0 Å². The molecule has 0 aromatic heterocycles. The van der Waals surface area contributed by atoms with Gasteiger partial charge in [0.25, 0.3) is 0 Å². The summed E-state index contributed by atoms with van der Waals surface area (Å²) in [5, 5.41) is 0. The third-order valence-corrected chi connectivity index (χ3v) is 8.06. The highest BCUT2D eigenvalue weighted by Crippen LogP contribution is 2.42. The number of rotatable bonds is 9. The quantitative estimate of drug-likeness (QED) is 0.374. The van der Waals surface area contributed by atoms with Crippen molar-refractivity contribution in [3.63, 3.8) is 0 Å². The van der Waals surface area contributed by atoms with Crippen LogP contribution in [0.2, 0.25) is 5.82 Å². The molecule has 2 fully saturated rings. The van der Waals surface area contributed by atoms with Crippen LogP contribution in [0.3, 0.4) is 0 Å². The van der Waals surface area contributed by atoms with Gasteiger partial charge in [0.15, 0.2) is 0 Å². The Morgan fingerprint density at radius 1 is 0.640 bits per heavy atom. The van der Waals surface area contributed by atoms with E-state index in [1.165, 1.54) is 57.8 Å². The Morgan fingerprint density at radius 3 is 1.72 bits per heavy atom. The topological polar surface area (TPSA) is 0 Å². The predicted molar refractivity (Wildman–Crippen MR) is 113 cm³/mol. The second kappa shape index (κ2) is 11.0. The van der Waals surface area contributed by atoms with Crippen LogP contribution in [0.15, 0.2) is 0 Å². The minimum Gasteiger partial charge on any atom is -0.0802 e. The molecule has 0 aliphatic heterocycles. The third kappa shape index (κ3) is 7.30. The molecule has 0 spiro atoms. The van der Waals surface area contributed by atoms with Crippen LogP contribution in [0.4, 0.5) is 0 Å². The van der Waals surface area contributed by atoms with Crippen LogP contribution in [0.5, 0.6) is 0 Å². The van der Waals surface area contributed by atoms with E-state index in [-0.39, 0.29) is 0 Å². The normalized spacial score (nSPS) is 30.6. The summed E-state index contributed by atoms with van der Waals surface area (Å²) in [5.74, 6) is 6.20. The van der Waals surface area contributed by atoms with E-state index >= 15 is 0 Å². The van der Waals surface area contributed by atoms with Crippen LogP contribution in [0.25, 0.3) is 0 Å². The van der Waals surface area contributed by atoms with Crippen molar-refractivity contribution in [3.05, 3.63) is 0 Å². The lowest BCUT2D eigenvalue weighted by Gasteiger charge is -2.38. The molecule has 0 amide bonds. The lowest BCUT2D eigenvalue weighted by molar-refractivity contribution is 0.137. The van der Waals surface area contributed by atoms with E-state index in [1.807, 2.05) is 0 Å². The summed E-state index contributed by atoms with van der Waals surface area (Å²) in [6.07, 6.45) is 19.1. The summed E-state index contributed by atoms with van der Waals surface area (Å²) in [4.78, 5) is 0.